The summed E-state index contributed by atoms with van der Waals surface area (Å²) in [6.07, 6.45) is 0.834. The highest BCUT2D eigenvalue weighted by Gasteiger charge is 2.06. The third kappa shape index (κ3) is 6.09. The number of nitrogens with one attached hydrogen (secondary N) is 1. The Bertz CT molecular complexity index is 863. The number of hydrogen-bond acceptors (Lipinski definition) is 2. The molecule has 0 heterocycles. The third-order valence-electron chi connectivity index (χ3n) is 4.36. The molecule has 0 saturated heterocycles. The monoisotopic (exact) mass is 383 g/mol. The molecule has 0 atom stereocenters. The van der Waals surface area contributed by atoms with Crippen LogP contribution in [0.25, 0.3) is 0 Å². The average molecular weight is 384 g/mol. The van der Waals surface area contributed by atoms with Crippen molar-refractivity contribution in [3.63, 3.8) is 0 Å². The van der Waals surface area contributed by atoms with Crippen LogP contribution in [0.5, 0.6) is 5.75 Å². The quantitative estimate of drug-likeness (QED) is 0.504. The SMILES string of the molecule is Cc1ccc(COc2ccc(Cl)cc2CNCCc2ccc(F)cc2)cc1. The maximum atomic E-state index is 13.0. The summed E-state index contributed by atoms with van der Waals surface area (Å²) in [5, 5.41) is 4.09. The van der Waals surface area contributed by atoms with Crippen LogP contribution in [0.4, 0.5) is 4.39 Å². The Labute approximate surface area is 165 Å². The van der Waals surface area contributed by atoms with E-state index < -0.39 is 0 Å². The molecular formula is C23H23ClFNO. The Morgan fingerprint density at radius 2 is 1.63 bits per heavy atom. The van der Waals surface area contributed by atoms with Gasteiger partial charge in [0.05, 0.1) is 0 Å². The molecule has 0 aliphatic rings. The molecule has 0 aliphatic heterocycles. The first-order valence-corrected chi connectivity index (χ1v) is 9.40. The summed E-state index contributed by atoms with van der Waals surface area (Å²) in [6.45, 7) is 4.03. The van der Waals surface area contributed by atoms with Crippen molar-refractivity contribution < 1.29 is 9.13 Å². The van der Waals surface area contributed by atoms with Gasteiger partial charge in [-0.25, -0.2) is 4.39 Å². The number of ether oxygens (including phenoxy) is 1. The molecular weight excluding hydrogens is 361 g/mol. The van der Waals surface area contributed by atoms with Crippen molar-refractivity contribution in [1.82, 2.24) is 5.32 Å². The lowest BCUT2D eigenvalue weighted by atomic mass is 10.1. The molecule has 0 bridgehead atoms. The van der Waals surface area contributed by atoms with E-state index in [9.17, 15) is 4.39 Å². The molecule has 3 aromatic carbocycles. The van der Waals surface area contributed by atoms with E-state index in [1.807, 2.05) is 30.3 Å². The molecule has 27 heavy (non-hydrogen) atoms. The number of rotatable bonds is 8. The lowest BCUT2D eigenvalue weighted by Gasteiger charge is -2.13. The summed E-state index contributed by atoms with van der Waals surface area (Å²) >= 11 is 6.16. The van der Waals surface area contributed by atoms with E-state index in [0.29, 0.717) is 18.2 Å². The fraction of sp³-hybridized carbons (Fsp3) is 0.217. The maximum Gasteiger partial charge on any atom is 0.124 e. The molecule has 1 N–H and O–H groups in total. The van der Waals surface area contributed by atoms with Crippen LogP contribution in [-0.4, -0.2) is 6.54 Å². The lowest BCUT2D eigenvalue weighted by Crippen LogP contribution is -2.17. The molecule has 3 aromatic rings. The van der Waals surface area contributed by atoms with Gasteiger partial charge in [0, 0.05) is 17.1 Å². The second-order valence-electron chi connectivity index (χ2n) is 6.58. The zero-order valence-electron chi connectivity index (χ0n) is 15.3. The third-order valence-corrected chi connectivity index (χ3v) is 4.59. The van der Waals surface area contributed by atoms with Crippen LogP contribution >= 0.6 is 11.6 Å². The van der Waals surface area contributed by atoms with Gasteiger partial charge < -0.3 is 10.1 Å². The van der Waals surface area contributed by atoms with Gasteiger partial charge in [-0.2, -0.15) is 0 Å². The highest BCUT2D eigenvalue weighted by atomic mass is 35.5. The number of aryl methyl sites for hydroxylation is 1. The van der Waals surface area contributed by atoms with Gasteiger partial charge in [0.2, 0.25) is 0 Å². The van der Waals surface area contributed by atoms with Gasteiger partial charge >= 0.3 is 0 Å². The standard InChI is InChI=1S/C23H23ClFNO/c1-17-2-4-19(5-3-17)16-27-23-11-8-21(24)14-20(23)15-26-13-12-18-6-9-22(25)10-7-18/h2-11,14,26H,12-13,15-16H2,1H3. The first-order chi connectivity index (χ1) is 13.1. The van der Waals surface area contributed by atoms with Crippen molar-refractivity contribution in [2.45, 2.75) is 26.5 Å². The average Bonchev–Trinajstić information content (AvgIpc) is 2.67. The Balaban J connectivity index is 1.55. The van der Waals surface area contributed by atoms with Crippen LogP contribution in [0, 0.1) is 12.7 Å². The van der Waals surface area contributed by atoms with Crippen LogP contribution in [0.3, 0.4) is 0 Å². The highest BCUT2D eigenvalue weighted by Crippen LogP contribution is 2.24. The molecule has 0 saturated carbocycles. The Kier molecular flexibility index (Phi) is 6.86. The summed E-state index contributed by atoms with van der Waals surface area (Å²) in [5.41, 5.74) is 4.49. The molecule has 3 rings (SSSR count). The van der Waals surface area contributed by atoms with Crippen molar-refractivity contribution in [3.05, 3.63) is 99.8 Å². The fourth-order valence-electron chi connectivity index (χ4n) is 2.78. The Morgan fingerprint density at radius 1 is 0.926 bits per heavy atom. The van der Waals surface area contributed by atoms with E-state index in [2.05, 4.69) is 36.5 Å². The van der Waals surface area contributed by atoms with Gasteiger partial charge in [-0.1, -0.05) is 53.6 Å². The second kappa shape index (κ2) is 9.54. The van der Waals surface area contributed by atoms with Crippen molar-refractivity contribution in [2.75, 3.05) is 6.54 Å². The minimum atomic E-state index is -0.207. The summed E-state index contributed by atoms with van der Waals surface area (Å²) in [6, 6.07) is 20.6. The minimum Gasteiger partial charge on any atom is -0.489 e. The largest absolute Gasteiger partial charge is 0.489 e. The van der Waals surface area contributed by atoms with Crippen LogP contribution in [0.1, 0.15) is 22.3 Å². The van der Waals surface area contributed by atoms with Gasteiger partial charge in [-0.15, -0.1) is 0 Å². The van der Waals surface area contributed by atoms with E-state index in [-0.39, 0.29) is 5.82 Å². The number of benzene rings is 3. The van der Waals surface area contributed by atoms with Gasteiger partial charge in [0.25, 0.3) is 0 Å². The lowest BCUT2D eigenvalue weighted by molar-refractivity contribution is 0.302. The Hall–Kier alpha value is -2.36. The Morgan fingerprint density at radius 3 is 2.37 bits per heavy atom. The van der Waals surface area contributed by atoms with E-state index in [1.165, 1.54) is 17.7 Å². The van der Waals surface area contributed by atoms with Crippen molar-refractivity contribution in [2.24, 2.45) is 0 Å². The van der Waals surface area contributed by atoms with Crippen molar-refractivity contribution in [3.8, 4) is 5.75 Å². The highest BCUT2D eigenvalue weighted by molar-refractivity contribution is 6.30. The van der Waals surface area contributed by atoms with Gasteiger partial charge in [-0.05, 0) is 61.3 Å². The maximum absolute atomic E-state index is 13.0. The van der Waals surface area contributed by atoms with Gasteiger partial charge in [-0.3, -0.25) is 0 Å². The molecule has 0 unspecified atom stereocenters. The molecule has 2 nitrogen and oxygen atoms in total. The normalized spacial score (nSPS) is 10.8. The minimum absolute atomic E-state index is 0.207. The molecule has 0 amide bonds. The number of halogens is 2. The smallest absolute Gasteiger partial charge is 0.124 e. The fourth-order valence-corrected chi connectivity index (χ4v) is 2.97. The molecule has 0 aliphatic carbocycles. The summed E-state index contributed by atoms with van der Waals surface area (Å²) in [4.78, 5) is 0. The molecule has 0 radical (unpaired) electrons. The van der Waals surface area contributed by atoms with Crippen molar-refractivity contribution in [1.29, 1.82) is 0 Å². The van der Waals surface area contributed by atoms with Crippen LogP contribution in [0.2, 0.25) is 5.02 Å². The summed E-state index contributed by atoms with van der Waals surface area (Å²) in [7, 11) is 0. The van der Waals surface area contributed by atoms with Gasteiger partial charge in [0.15, 0.2) is 0 Å². The van der Waals surface area contributed by atoms with Crippen LogP contribution in [-0.2, 0) is 19.6 Å². The van der Waals surface area contributed by atoms with Crippen molar-refractivity contribution >= 4 is 11.6 Å². The predicted octanol–water partition coefficient (Wildman–Crippen LogP) is 5.70. The molecule has 0 fully saturated rings. The van der Waals surface area contributed by atoms with E-state index in [4.69, 9.17) is 16.3 Å². The number of hydrogen-bond donors (Lipinski definition) is 1. The predicted molar refractivity (Wildman–Crippen MR) is 109 cm³/mol. The molecule has 140 valence electrons. The van der Waals surface area contributed by atoms with Crippen LogP contribution in [0.15, 0.2) is 66.7 Å². The molecule has 4 heteroatoms. The van der Waals surface area contributed by atoms with Crippen LogP contribution < -0.4 is 10.1 Å². The summed E-state index contributed by atoms with van der Waals surface area (Å²) < 4.78 is 19.0. The van der Waals surface area contributed by atoms with E-state index >= 15 is 0 Å². The second-order valence-corrected chi connectivity index (χ2v) is 7.02. The first kappa shape index (κ1) is 19.4. The molecule has 0 aromatic heterocycles. The zero-order chi connectivity index (χ0) is 19.1. The topological polar surface area (TPSA) is 21.3 Å². The van der Waals surface area contributed by atoms with E-state index in [0.717, 1.165) is 35.4 Å². The van der Waals surface area contributed by atoms with Gasteiger partial charge in [0.1, 0.15) is 18.2 Å². The summed E-state index contributed by atoms with van der Waals surface area (Å²) in [5.74, 6) is 0.621. The zero-order valence-corrected chi connectivity index (χ0v) is 16.1. The molecule has 0 spiro atoms. The first-order valence-electron chi connectivity index (χ1n) is 9.02. The van der Waals surface area contributed by atoms with E-state index in [1.54, 1.807) is 0 Å².